The molecule has 0 saturated carbocycles. The summed E-state index contributed by atoms with van der Waals surface area (Å²) >= 11 is 19.4. The highest BCUT2D eigenvalue weighted by atomic mass is 35.5. The van der Waals surface area contributed by atoms with Crippen LogP contribution in [0.3, 0.4) is 0 Å². The fourth-order valence-corrected chi connectivity index (χ4v) is 3.04. The van der Waals surface area contributed by atoms with Gasteiger partial charge in [-0.15, -0.1) is 11.6 Å². The second-order valence-electron chi connectivity index (χ2n) is 3.42. The van der Waals surface area contributed by atoms with Crippen LogP contribution < -0.4 is 0 Å². The summed E-state index contributed by atoms with van der Waals surface area (Å²) in [5.41, 5.74) is 1.12. The van der Waals surface area contributed by atoms with Gasteiger partial charge in [-0.25, -0.2) is 0 Å². The maximum atomic E-state index is 5.98. The monoisotopic (exact) mass is 302 g/mol. The Morgan fingerprint density at radius 2 is 1.71 bits per heavy atom. The van der Waals surface area contributed by atoms with Crippen LogP contribution >= 0.6 is 46.6 Å². The molecule has 0 spiro atoms. The zero-order chi connectivity index (χ0) is 12.3. The van der Waals surface area contributed by atoms with Crippen LogP contribution in [-0.4, -0.2) is 0 Å². The van der Waals surface area contributed by atoms with E-state index in [-0.39, 0.29) is 0 Å². The lowest BCUT2D eigenvalue weighted by atomic mass is 10.2. The zero-order valence-electron chi connectivity index (χ0n) is 8.79. The molecule has 0 aliphatic rings. The van der Waals surface area contributed by atoms with Crippen LogP contribution in [0.1, 0.15) is 5.56 Å². The zero-order valence-corrected chi connectivity index (χ0v) is 11.9. The molecule has 88 valence electrons. The van der Waals surface area contributed by atoms with E-state index in [2.05, 4.69) is 0 Å². The number of hydrogen-bond donors (Lipinski definition) is 0. The molecule has 0 fully saturated rings. The smallest absolute Gasteiger partial charge is 0.0603 e. The van der Waals surface area contributed by atoms with Gasteiger partial charge in [0, 0.05) is 15.7 Å². The third-order valence-electron chi connectivity index (χ3n) is 2.24. The fourth-order valence-electron chi connectivity index (χ4n) is 1.38. The minimum Gasteiger partial charge on any atom is -0.122 e. The molecule has 0 aliphatic heterocycles. The molecule has 0 N–H and O–H groups in total. The first-order chi connectivity index (χ1) is 8.20. The van der Waals surface area contributed by atoms with Gasteiger partial charge in [0.1, 0.15) is 0 Å². The third-order valence-corrected chi connectivity index (χ3v) is 4.37. The van der Waals surface area contributed by atoms with Gasteiger partial charge in [0.2, 0.25) is 0 Å². The van der Waals surface area contributed by atoms with Crippen molar-refractivity contribution in [1.82, 2.24) is 0 Å². The number of alkyl halides is 1. The minimum atomic E-state index is 0.504. The van der Waals surface area contributed by atoms with E-state index in [1.165, 1.54) is 0 Å². The van der Waals surface area contributed by atoms with E-state index >= 15 is 0 Å². The van der Waals surface area contributed by atoms with Gasteiger partial charge in [-0.3, -0.25) is 0 Å². The van der Waals surface area contributed by atoms with Crippen LogP contribution in [0.2, 0.25) is 10.0 Å². The van der Waals surface area contributed by atoms with Crippen molar-refractivity contribution in [3.05, 3.63) is 58.1 Å². The first-order valence-corrected chi connectivity index (χ1v) is 7.08. The van der Waals surface area contributed by atoms with Crippen LogP contribution in [0.25, 0.3) is 0 Å². The topological polar surface area (TPSA) is 0 Å². The molecule has 2 rings (SSSR count). The Bertz CT molecular complexity index is 526. The average molecular weight is 304 g/mol. The van der Waals surface area contributed by atoms with Crippen LogP contribution in [-0.2, 0) is 5.88 Å². The van der Waals surface area contributed by atoms with Gasteiger partial charge in [-0.2, -0.15) is 0 Å². The Morgan fingerprint density at radius 3 is 2.41 bits per heavy atom. The number of halogens is 3. The summed E-state index contributed by atoms with van der Waals surface area (Å²) in [6, 6.07) is 13.7. The molecule has 0 unspecified atom stereocenters. The number of benzene rings is 2. The maximum Gasteiger partial charge on any atom is 0.0603 e. The summed E-state index contributed by atoms with van der Waals surface area (Å²) in [4.78, 5) is 2.19. The average Bonchev–Trinajstić information content (AvgIpc) is 2.34. The van der Waals surface area contributed by atoms with Crippen molar-refractivity contribution in [3.8, 4) is 0 Å². The Kier molecular flexibility index (Phi) is 4.63. The lowest BCUT2D eigenvalue weighted by Gasteiger charge is -2.07. The molecule has 0 aromatic heterocycles. The van der Waals surface area contributed by atoms with Crippen molar-refractivity contribution >= 4 is 46.6 Å². The standard InChI is InChI=1S/C13H9Cl3S/c14-8-9-3-1-2-4-13(9)17-10-5-6-11(15)12(16)7-10/h1-7H,8H2. The van der Waals surface area contributed by atoms with E-state index in [0.29, 0.717) is 15.9 Å². The fraction of sp³-hybridized carbons (Fsp3) is 0.0769. The summed E-state index contributed by atoms with van der Waals surface area (Å²) in [6.45, 7) is 0. The van der Waals surface area contributed by atoms with Crippen molar-refractivity contribution in [1.29, 1.82) is 0 Å². The molecule has 17 heavy (non-hydrogen) atoms. The second-order valence-corrected chi connectivity index (χ2v) is 5.62. The number of hydrogen-bond acceptors (Lipinski definition) is 1. The molecular formula is C13H9Cl3S. The van der Waals surface area contributed by atoms with E-state index in [1.54, 1.807) is 17.8 Å². The molecule has 0 atom stereocenters. The van der Waals surface area contributed by atoms with Gasteiger partial charge < -0.3 is 0 Å². The molecular weight excluding hydrogens is 295 g/mol. The lowest BCUT2D eigenvalue weighted by Crippen LogP contribution is -1.83. The van der Waals surface area contributed by atoms with Gasteiger partial charge in [-0.05, 0) is 29.8 Å². The highest BCUT2D eigenvalue weighted by molar-refractivity contribution is 7.99. The lowest BCUT2D eigenvalue weighted by molar-refractivity contribution is 1.25. The van der Waals surface area contributed by atoms with Crippen LogP contribution in [0.15, 0.2) is 52.3 Å². The van der Waals surface area contributed by atoms with Gasteiger partial charge in [0.05, 0.1) is 10.0 Å². The summed E-state index contributed by atoms with van der Waals surface area (Å²) in [7, 11) is 0. The van der Waals surface area contributed by atoms with Crippen molar-refractivity contribution in [2.24, 2.45) is 0 Å². The van der Waals surface area contributed by atoms with E-state index in [0.717, 1.165) is 15.4 Å². The third kappa shape index (κ3) is 3.32. The molecule has 0 nitrogen and oxygen atoms in total. The first kappa shape index (κ1) is 13.1. The van der Waals surface area contributed by atoms with Crippen LogP contribution in [0.5, 0.6) is 0 Å². The maximum absolute atomic E-state index is 5.98. The van der Waals surface area contributed by atoms with Gasteiger partial charge in [0.25, 0.3) is 0 Å². The Balaban J connectivity index is 2.28. The van der Waals surface area contributed by atoms with E-state index < -0.39 is 0 Å². The highest BCUT2D eigenvalue weighted by Crippen LogP contribution is 2.34. The van der Waals surface area contributed by atoms with Crippen molar-refractivity contribution in [2.75, 3.05) is 0 Å². The number of rotatable bonds is 3. The molecule has 2 aromatic carbocycles. The van der Waals surface area contributed by atoms with Gasteiger partial charge >= 0.3 is 0 Å². The SMILES string of the molecule is ClCc1ccccc1Sc1ccc(Cl)c(Cl)c1. The summed E-state index contributed by atoms with van der Waals surface area (Å²) in [5, 5.41) is 1.14. The predicted octanol–water partition coefficient (Wildman–Crippen LogP) is 5.88. The largest absolute Gasteiger partial charge is 0.122 e. The van der Waals surface area contributed by atoms with Gasteiger partial charge in [0.15, 0.2) is 0 Å². The van der Waals surface area contributed by atoms with Crippen molar-refractivity contribution in [3.63, 3.8) is 0 Å². The minimum absolute atomic E-state index is 0.504. The molecule has 0 saturated heterocycles. The van der Waals surface area contributed by atoms with Crippen LogP contribution in [0.4, 0.5) is 0 Å². The second kappa shape index (κ2) is 6.01. The Labute approximate surface area is 120 Å². The van der Waals surface area contributed by atoms with Crippen molar-refractivity contribution in [2.45, 2.75) is 15.7 Å². The highest BCUT2D eigenvalue weighted by Gasteiger charge is 2.05. The van der Waals surface area contributed by atoms with Gasteiger partial charge in [-0.1, -0.05) is 53.2 Å². The molecule has 4 heteroatoms. The first-order valence-electron chi connectivity index (χ1n) is 4.97. The van der Waals surface area contributed by atoms with Crippen LogP contribution in [0, 0.1) is 0 Å². The normalized spacial score (nSPS) is 10.5. The molecule has 0 aliphatic carbocycles. The predicted molar refractivity (Wildman–Crippen MR) is 76.6 cm³/mol. The quantitative estimate of drug-likeness (QED) is 0.638. The van der Waals surface area contributed by atoms with E-state index in [9.17, 15) is 0 Å². The summed E-state index contributed by atoms with van der Waals surface area (Å²) in [5.74, 6) is 0.504. The molecule has 0 radical (unpaired) electrons. The molecule has 2 aromatic rings. The Hall–Kier alpha value is -0.340. The molecule has 0 heterocycles. The van der Waals surface area contributed by atoms with E-state index in [4.69, 9.17) is 34.8 Å². The van der Waals surface area contributed by atoms with E-state index in [1.807, 2.05) is 36.4 Å². The Morgan fingerprint density at radius 1 is 0.941 bits per heavy atom. The summed E-state index contributed by atoms with van der Waals surface area (Å²) in [6.07, 6.45) is 0. The summed E-state index contributed by atoms with van der Waals surface area (Å²) < 4.78 is 0. The van der Waals surface area contributed by atoms with Crippen molar-refractivity contribution < 1.29 is 0 Å². The molecule has 0 amide bonds. The molecule has 0 bridgehead atoms.